The molecule has 4 aromatic rings. The van der Waals surface area contributed by atoms with E-state index in [1.807, 2.05) is 85.9 Å². The van der Waals surface area contributed by atoms with E-state index >= 15 is 0 Å². The van der Waals surface area contributed by atoms with E-state index < -0.39 is 0 Å². The number of rotatable bonds is 5. The van der Waals surface area contributed by atoms with Crippen molar-refractivity contribution in [3.63, 3.8) is 0 Å². The number of hydrogen-bond acceptors (Lipinski definition) is 6. The fourth-order valence-electron chi connectivity index (χ4n) is 4.08. The lowest BCUT2D eigenvalue weighted by Gasteiger charge is -2.18. The quantitative estimate of drug-likeness (QED) is 0.371. The molecule has 0 unspecified atom stereocenters. The summed E-state index contributed by atoms with van der Waals surface area (Å²) in [5.74, 6) is -0.334. The summed E-state index contributed by atoms with van der Waals surface area (Å²) in [6, 6.07) is 28.9. The van der Waals surface area contributed by atoms with Crippen molar-refractivity contribution >= 4 is 28.5 Å². The second-order valence-corrected chi connectivity index (χ2v) is 8.42. The Labute approximate surface area is 208 Å². The van der Waals surface area contributed by atoms with E-state index in [9.17, 15) is 10.1 Å². The average molecular weight is 471 g/mol. The maximum Gasteiger partial charge on any atom is 0.189 e. The molecule has 1 heterocycles. The van der Waals surface area contributed by atoms with Gasteiger partial charge >= 0.3 is 0 Å². The minimum absolute atomic E-state index is 0.0556. The van der Waals surface area contributed by atoms with Gasteiger partial charge in [0.1, 0.15) is 17.5 Å². The Morgan fingerprint density at radius 3 is 2.33 bits per heavy atom. The van der Waals surface area contributed by atoms with Crippen molar-refractivity contribution in [1.29, 1.82) is 10.7 Å². The molecule has 0 amide bonds. The van der Waals surface area contributed by atoms with E-state index in [0.29, 0.717) is 22.5 Å². The molecule has 1 aliphatic rings. The van der Waals surface area contributed by atoms with Crippen molar-refractivity contribution < 1.29 is 4.79 Å². The SMILES string of the molecule is Cc1ccc(-c2nn(-c3ccccc3)cc2C2=C(C#N)C(=N)/C(=N\Nc3ccccc3)C(=O)C2)cc1. The zero-order chi connectivity index (χ0) is 25.1. The minimum atomic E-state index is -0.334. The number of Topliss-reactive ketones (excluding diaryl/α,β-unsaturated/α-hetero) is 1. The number of aryl methyl sites for hydroxylation is 1. The molecule has 0 aliphatic heterocycles. The number of nitriles is 1. The highest BCUT2D eigenvalue weighted by Crippen LogP contribution is 2.35. The number of carbonyl (C=O) groups excluding carboxylic acids is 1. The van der Waals surface area contributed by atoms with Gasteiger partial charge in [0.05, 0.1) is 16.9 Å². The number of hydrazone groups is 1. The Balaban J connectivity index is 1.62. The van der Waals surface area contributed by atoms with Crippen molar-refractivity contribution in [3.05, 3.63) is 108 Å². The number of para-hydroxylation sites is 2. The topological polar surface area (TPSA) is 107 Å². The smallest absolute Gasteiger partial charge is 0.189 e. The van der Waals surface area contributed by atoms with Crippen LogP contribution in [0.1, 0.15) is 17.5 Å². The number of nitrogens with zero attached hydrogens (tertiary/aromatic N) is 4. The number of aromatic nitrogens is 2. The lowest BCUT2D eigenvalue weighted by molar-refractivity contribution is -0.111. The molecule has 3 aromatic carbocycles. The second kappa shape index (κ2) is 9.65. The van der Waals surface area contributed by atoms with E-state index in [1.165, 1.54) is 0 Å². The summed E-state index contributed by atoms with van der Waals surface area (Å²) in [5, 5.41) is 27.7. The molecule has 2 N–H and O–H groups in total. The first kappa shape index (κ1) is 22.7. The van der Waals surface area contributed by atoms with Gasteiger partial charge in [0, 0.05) is 23.7 Å². The Bertz CT molecular complexity index is 1560. The van der Waals surface area contributed by atoms with Crippen LogP contribution in [0.3, 0.4) is 0 Å². The van der Waals surface area contributed by atoms with E-state index in [-0.39, 0.29) is 29.2 Å². The predicted molar refractivity (Wildman–Crippen MR) is 141 cm³/mol. The summed E-state index contributed by atoms with van der Waals surface area (Å²) in [4.78, 5) is 13.2. The summed E-state index contributed by atoms with van der Waals surface area (Å²) in [7, 11) is 0. The number of benzene rings is 3. The molecule has 0 radical (unpaired) electrons. The Morgan fingerprint density at radius 2 is 1.67 bits per heavy atom. The van der Waals surface area contributed by atoms with Crippen LogP contribution in [0.5, 0.6) is 0 Å². The first-order valence-electron chi connectivity index (χ1n) is 11.4. The number of hydrogen-bond donors (Lipinski definition) is 2. The van der Waals surface area contributed by atoms with Crippen LogP contribution in [-0.4, -0.2) is 27.0 Å². The first-order chi connectivity index (χ1) is 17.5. The van der Waals surface area contributed by atoms with Gasteiger partial charge in [-0.25, -0.2) is 4.68 Å². The van der Waals surface area contributed by atoms with Gasteiger partial charge in [-0.1, -0.05) is 66.2 Å². The van der Waals surface area contributed by atoms with Crippen molar-refractivity contribution in [2.75, 3.05) is 5.43 Å². The van der Waals surface area contributed by atoms with Gasteiger partial charge in [-0.3, -0.25) is 15.6 Å². The third-order valence-corrected chi connectivity index (χ3v) is 5.96. The van der Waals surface area contributed by atoms with Crippen LogP contribution in [-0.2, 0) is 4.79 Å². The molecular formula is C29H22N6O. The Morgan fingerprint density at radius 1 is 1.00 bits per heavy atom. The van der Waals surface area contributed by atoms with Crippen LogP contribution >= 0.6 is 0 Å². The van der Waals surface area contributed by atoms with Gasteiger partial charge in [0.25, 0.3) is 0 Å². The van der Waals surface area contributed by atoms with Gasteiger partial charge in [0.2, 0.25) is 0 Å². The molecule has 0 bridgehead atoms. The third kappa shape index (κ3) is 4.36. The van der Waals surface area contributed by atoms with Gasteiger partial charge in [-0.2, -0.15) is 15.5 Å². The highest BCUT2D eigenvalue weighted by atomic mass is 16.1. The number of allylic oxidation sites excluding steroid dienone is 2. The van der Waals surface area contributed by atoms with E-state index in [4.69, 9.17) is 10.5 Å². The number of anilines is 1. The molecule has 174 valence electrons. The largest absolute Gasteiger partial charge is 0.297 e. The van der Waals surface area contributed by atoms with Gasteiger partial charge in [-0.05, 0) is 36.8 Å². The molecule has 0 fully saturated rings. The molecule has 7 heteroatoms. The van der Waals surface area contributed by atoms with Gasteiger partial charge in [-0.15, -0.1) is 0 Å². The second-order valence-electron chi connectivity index (χ2n) is 8.42. The fraction of sp³-hybridized carbons (Fsp3) is 0.0690. The summed E-state index contributed by atoms with van der Waals surface area (Å²) < 4.78 is 1.74. The lowest BCUT2D eigenvalue weighted by Crippen LogP contribution is -2.31. The average Bonchev–Trinajstić information content (AvgIpc) is 3.35. The zero-order valence-corrected chi connectivity index (χ0v) is 19.6. The lowest BCUT2D eigenvalue weighted by atomic mass is 9.84. The highest BCUT2D eigenvalue weighted by Gasteiger charge is 2.33. The van der Waals surface area contributed by atoms with Crippen LogP contribution in [0.25, 0.3) is 22.5 Å². The fourth-order valence-corrected chi connectivity index (χ4v) is 4.08. The summed E-state index contributed by atoms with van der Waals surface area (Å²) in [6.07, 6.45) is 1.77. The maximum atomic E-state index is 13.2. The first-order valence-corrected chi connectivity index (χ1v) is 11.4. The Kier molecular flexibility index (Phi) is 6.08. The van der Waals surface area contributed by atoms with E-state index in [1.54, 1.807) is 16.8 Å². The van der Waals surface area contributed by atoms with Gasteiger partial charge in [0.15, 0.2) is 11.5 Å². The van der Waals surface area contributed by atoms with Crippen LogP contribution in [0.15, 0.2) is 102 Å². The molecular weight excluding hydrogens is 448 g/mol. The number of ketones is 1. The van der Waals surface area contributed by atoms with Crippen molar-refractivity contribution in [2.45, 2.75) is 13.3 Å². The van der Waals surface area contributed by atoms with E-state index in [2.05, 4.69) is 16.6 Å². The number of carbonyl (C=O) groups is 1. The molecule has 1 aliphatic carbocycles. The van der Waals surface area contributed by atoms with Crippen molar-refractivity contribution in [2.24, 2.45) is 5.10 Å². The van der Waals surface area contributed by atoms with Crippen LogP contribution < -0.4 is 5.43 Å². The van der Waals surface area contributed by atoms with E-state index in [0.717, 1.165) is 16.8 Å². The van der Waals surface area contributed by atoms with Crippen LogP contribution in [0.2, 0.25) is 0 Å². The molecule has 1 aromatic heterocycles. The molecule has 0 saturated heterocycles. The molecule has 7 nitrogen and oxygen atoms in total. The minimum Gasteiger partial charge on any atom is -0.297 e. The highest BCUT2D eigenvalue weighted by molar-refractivity contribution is 6.73. The monoisotopic (exact) mass is 470 g/mol. The molecule has 0 saturated carbocycles. The standard InChI is InChI=1S/C29H22N6O/c1-19-12-14-20(15-13-19)28-25(18-35(34-28)22-10-6-3-7-11-22)23-16-26(36)29(27(31)24(23)17-30)33-32-21-8-4-2-5-9-21/h2-15,18,31-32H,16H2,1H3/b31-27?,33-29-. The van der Waals surface area contributed by atoms with Crippen LogP contribution in [0.4, 0.5) is 5.69 Å². The Hall–Kier alpha value is -5.09. The number of nitrogens with one attached hydrogen (secondary N) is 2. The van der Waals surface area contributed by atoms with Gasteiger partial charge < -0.3 is 0 Å². The zero-order valence-electron chi connectivity index (χ0n) is 19.6. The predicted octanol–water partition coefficient (Wildman–Crippen LogP) is 5.59. The maximum absolute atomic E-state index is 13.2. The molecule has 5 rings (SSSR count). The summed E-state index contributed by atoms with van der Waals surface area (Å²) >= 11 is 0. The van der Waals surface area contributed by atoms with Crippen LogP contribution in [0, 0.1) is 23.7 Å². The summed E-state index contributed by atoms with van der Waals surface area (Å²) in [5.41, 5.74) is 7.94. The van der Waals surface area contributed by atoms with Crippen molar-refractivity contribution in [1.82, 2.24) is 9.78 Å². The molecule has 0 spiro atoms. The third-order valence-electron chi connectivity index (χ3n) is 5.96. The molecule has 0 atom stereocenters. The normalized spacial score (nSPS) is 14.7. The van der Waals surface area contributed by atoms with Crippen molar-refractivity contribution in [3.8, 4) is 23.0 Å². The molecule has 36 heavy (non-hydrogen) atoms. The summed E-state index contributed by atoms with van der Waals surface area (Å²) in [6.45, 7) is 2.01.